The van der Waals surface area contributed by atoms with Crippen LogP contribution in [0, 0.1) is 11.6 Å². The molecule has 0 unspecified atom stereocenters. The lowest BCUT2D eigenvalue weighted by Crippen LogP contribution is -2.17. The molecule has 2 rings (SSSR count). The van der Waals surface area contributed by atoms with Gasteiger partial charge in [0.25, 0.3) is 5.91 Å². The van der Waals surface area contributed by atoms with Crippen molar-refractivity contribution in [3.05, 3.63) is 57.8 Å². The molecule has 108 valence electrons. The molecule has 0 bridgehead atoms. The first-order valence-corrected chi connectivity index (χ1v) is 6.33. The zero-order chi connectivity index (χ0) is 15.6. The maximum Gasteiger partial charge on any atom is 0.336 e. The van der Waals surface area contributed by atoms with Crippen molar-refractivity contribution < 1.29 is 23.5 Å². The molecule has 0 saturated carbocycles. The lowest BCUT2D eigenvalue weighted by atomic mass is 10.1. The van der Waals surface area contributed by atoms with Gasteiger partial charge in [-0.1, -0.05) is 0 Å². The molecule has 0 saturated heterocycles. The smallest absolute Gasteiger partial charge is 0.336 e. The van der Waals surface area contributed by atoms with Crippen molar-refractivity contribution in [2.45, 2.75) is 0 Å². The molecule has 0 aliphatic rings. The second kappa shape index (κ2) is 5.96. The number of hydrogen-bond acceptors (Lipinski definition) is 3. The fraction of sp³-hybridized carbons (Fsp3) is 0. The number of benzene rings is 1. The van der Waals surface area contributed by atoms with Gasteiger partial charge in [0.1, 0.15) is 4.60 Å². The van der Waals surface area contributed by atoms with Crippen molar-refractivity contribution in [3.8, 4) is 0 Å². The number of carbonyl (C=O) groups is 2. The summed E-state index contributed by atoms with van der Waals surface area (Å²) in [4.78, 5) is 26.9. The first kappa shape index (κ1) is 15.0. The van der Waals surface area contributed by atoms with Gasteiger partial charge in [0, 0.05) is 0 Å². The maximum atomic E-state index is 13.2. The Hall–Kier alpha value is -2.35. The molecular formula is C13H7BrF2N2O3. The number of nitrogens with zero attached hydrogens (tertiary/aromatic N) is 1. The molecule has 21 heavy (non-hydrogen) atoms. The molecule has 0 aliphatic heterocycles. The first-order chi connectivity index (χ1) is 9.88. The molecule has 0 spiro atoms. The Kier molecular flexibility index (Phi) is 4.27. The summed E-state index contributed by atoms with van der Waals surface area (Å²) in [5.74, 6) is -5.06. The van der Waals surface area contributed by atoms with Crippen molar-refractivity contribution in [3.63, 3.8) is 0 Å². The predicted molar refractivity (Wildman–Crippen MR) is 73.2 cm³/mol. The van der Waals surface area contributed by atoms with E-state index in [0.29, 0.717) is 16.7 Å². The number of anilines is 1. The highest BCUT2D eigenvalue weighted by Gasteiger charge is 2.20. The van der Waals surface area contributed by atoms with E-state index in [2.05, 4.69) is 26.2 Å². The number of aromatic carboxylic acids is 1. The highest BCUT2D eigenvalue weighted by Crippen LogP contribution is 2.18. The normalized spacial score (nSPS) is 10.2. The van der Waals surface area contributed by atoms with E-state index in [0.717, 1.165) is 0 Å². The minimum atomic E-state index is -1.53. The van der Waals surface area contributed by atoms with Gasteiger partial charge >= 0.3 is 5.97 Å². The molecular weight excluding hydrogens is 350 g/mol. The highest BCUT2D eigenvalue weighted by molar-refractivity contribution is 9.10. The van der Waals surface area contributed by atoms with Gasteiger partial charge in [0.15, 0.2) is 11.6 Å². The molecule has 1 aromatic carbocycles. The van der Waals surface area contributed by atoms with E-state index < -0.39 is 34.6 Å². The molecule has 2 N–H and O–H groups in total. The molecule has 0 aliphatic carbocycles. The Labute approximate surface area is 125 Å². The van der Waals surface area contributed by atoms with E-state index in [1.807, 2.05) is 0 Å². The number of amides is 1. The third-order valence-corrected chi connectivity index (χ3v) is 2.99. The topological polar surface area (TPSA) is 79.3 Å². The lowest BCUT2D eigenvalue weighted by molar-refractivity contribution is 0.0691. The Morgan fingerprint density at radius 3 is 2.29 bits per heavy atom. The lowest BCUT2D eigenvalue weighted by Gasteiger charge is -2.08. The van der Waals surface area contributed by atoms with Gasteiger partial charge in [-0.15, -0.1) is 0 Å². The fourth-order valence-electron chi connectivity index (χ4n) is 1.56. The second-order valence-corrected chi connectivity index (χ2v) is 4.75. The number of rotatable bonds is 3. The van der Waals surface area contributed by atoms with Crippen LogP contribution < -0.4 is 5.32 Å². The van der Waals surface area contributed by atoms with Crippen LogP contribution in [-0.4, -0.2) is 22.0 Å². The minimum Gasteiger partial charge on any atom is -0.478 e. The number of aromatic nitrogens is 1. The largest absolute Gasteiger partial charge is 0.478 e. The quantitative estimate of drug-likeness (QED) is 0.828. The van der Waals surface area contributed by atoms with Gasteiger partial charge in [0.05, 0.1) is 23.0 Å². The van der Waals surface area contributed by atoms with E-state index in [1.54, 1.807) is 6.07 Å². The molecule has 0 atom stereocenters. The van der Waals surface area contributed by atoms with Crippen LogP contribution in [0.5, 0.6) is 0 Å². The third-order valence-electron chi connectivity index (χ3n) is 2.52. The molecule has 5 nitrogen and oxygen atoms in total. The summed E-state index contributed by atoms with van der Waals surface area (Å²) in [6, 6.07) is 4.07. The van der Waals surface area contributed by atoms with Crippen LogP contribution in [0.15, 0.2) is 35.1 Å². The molecule has 1 heterocycles. The summed E-state index contributed by atoms with van der Waals surface area (Å²) in [6.45, 7) is 0. The molecule has 2 aromatic rings. The van der Waals surface area contributed by atoms with Crippen LogP contribution in [0.25, 0.3) is 0 Å². The number of nitrogens with one attached hydrogen (secondary N) is 1. The van der Waals surface area contributed by atoms with E-state index in [4.69, 9.17) is 5.11 Å². The Morgan fingerprint density at radius 1 is 1.14 bits per heavy atom. The summed E-state index contributed by atoms with van der Waals surface area (Å²) < 4.78 is 26.8. The van der Waals surface area contributed by atoms with Crippen molar-refractivity contribution in [2.75, 3.05) is 5.32 Å². The molecule has 1 aromatic heterocycles. The Morgan fingerprint density at radius 2 is 1.76 bits per heavy atom. The second-order valence-electron chi connectivity index (χ2n) is 3.94. The molecule has 8 heteroatoms. The van der Waals surface area contributed by atoms with Crippen molar-refractivity contribution >= 4 is 33.5 Å². The number of carboxylic acid groups (broad SMARTS) is 1. The molecule has 0 radical (unpaired) electrons. The van der Waals surface area contributed by atoms with E-state index >= 15 is 0 Å². The summed E-state index contributed by atoms with van der Waals surface area (Å²) in [5.41, 5.74) is -0.829. The molecule has 1 amide bonds. The zero-order valence-electron chi connectivity index (χ0n) is 10.2. The van der Waals surface area contributed by atoms with E-state index in [1.165, 1.54) is 12.3 Å². The predicted octanol–water partition coefficient (Wildman–Crippen LogP) is 3.07. The molecule has 0 fully saturated rings. The third kappa shape index (κ3) is 3.40. The van der Waals surface area contributed by atoms with Crippen molar-refractivity contribution in [1.82, 2.24) is 4.98 Å². The van der Waals surface area contributed by atoms with Crippen LogP contribution >= 0.6 is 15.9 Å². The fourth-order valence-corrected chi connectivity index (χ4v) is 1.79. The Bertz CT molecular complexity index is 720. The standard InChI is InChI=1S/C13H7BrF2N2O3/c14-11-2-1-6(5-17-11)18-12(19)7-3-9(15)10(16)4-8(7)13(20)21/h1-5H,(H,18,19)(H,20,21). The van der Waals surface area contributed by atoms with Crippen LogP contribution in [0.1, 0.15) is 20.7 Å². The number of halogens is 3. The number of carboxylic acids is 1. The monoisotopic (exact) mass is 356 g/mol. The van der Waals surface area contributed by atoms with Crippen LogP contribution in [-0.2, 0) is 0 Å². The average Bonchev–Trinajstić information content (AvgIpc) is 2.43. The minimum absolute atomic E-state index is 0.282. The first-order valence-electron chi connectivity index (χ1n) is 5.53. The van der Waals surface area contributed by atoms with Gasteiger partial charge in [0.2, 0.25) is 0 Å². The van der Waals surface area contributed by atoms with Crippen molar-refractivity contribution in [1.29, 1.82) is 0 Å². The zero-order valence-corrected chi connectivity index (χ0v) is 11.8. The summed E-state index contributed by atoms with van der Waals surface area (Å²) >= 11 is 3.11. The van der Waals surface area contributed by atoms with Gasteiger partial charge in [-0.3, -0.25) is 4.79 Å². The van der Waals surface area contributed by atoms with Gasteiger partial charge in [-0.2, -0.15) is 0 Å². The Balaban J connectivity index is 2.36. The summed E-state index contributed by atoms with van der Waals surface area (Å²) in [5, 5.41) is 11.3. The number of hydrogen-bond donors (Lipinski definition) is 2. The van der Waals surface area contributed by atoms with Gasteiger partial charge in [-0.25, -0.2) is 18.6 Å². The van der Waals surface area contributed by atoms with Crippen LogP contribution in [0.3, 0.4) is 0 Å². The van der Waals surface area contributed by atoms with Gasteiger partial charge < -0.3 is 10.4 Å². The van der Waals surface area contributed by atoms with E-state index in [-0.39, 0.29) is 5.69 Å². The van der Waals surface area contributed by atoms with Crippen LogP contribution in [0.2, 0.25) is 0 Å². The average molecular weight is 357 g/mol. The number of carbonyl (C=O) groups excluding carboxylic acids is 1. The number of pyridine rings is 1. The van der Waals surface area contributed by atoms with Gasteiger partial charge in [-0.05, 0) is 40.2 Å². The maximum absolute atomic E-state index is 13.2. The summed E-state index contributed by atoms with van der Waals surface area (Å²) in [7, 11) is 0. The van der Waals surface area contributed by atoms with Crippen LogP contribution in [0.4, 0.5) is 14.5 Å². The highest BCUT2D eigenvalue weighted by atomic mass is 79.9. The summed E-state index contributed by atoms with van der Waals surface area (Å²) in [6.07, 6.45) is 1.32. The van der Waals surface area contributed by atoms with E-state index in [9.17, 15) is 18.4 Å². The SMILES string of the molecule is O=C(O)c1cc(F)c(F)cc1C(=O)Nc1ccc(Br)nc1. The van der Waals surface area contributed by atoms with Crippen molar-refractivity contribution in [2.24, 2.45) is 0 Å².